The van der Waals surface area contributed by atoms with Crippen LogP contribution in [0.5, 0.6) is 0 Å². The predicted molar refractivity (Wildman–Crippen MR) is 79.5 cm³/mol. The number of nitrogens with one attached hydrogen (secondary N) is 1. The molecule has 0 aliphatic heterocycles. The van der Waals surface area contributed by atoms with Gasteiger partial charge in [0.1, 0.15) is 0 Å². The van der Waals surface area contributed by atoms with Crippen LogP contribution in [-0.2, 0) is 11.2 Å². The van der Waals surface area contributed by atoms with Crippen molar-refractivity contribution in [1.29, 1.82) is 0 Å². The summed E-state index contributed by atoms with van der Waals surface area (Å²) in [6.45, 7) is 2.82. The Morgan fingerprint density at radius 1 is 1.50 bits per heavy atom. The second-order valence-electron chi connectivity index (χ2n) is 6.58. The summed E-state index contributed by atoms with van der Waals surface area (Å²) in [7, 11) is 0. The van der Waals surface area contributed by atoms with Crippen molar-refractivity contribution in [2.75, 3.05) is 6.54 Å². The predicted octanol–water partition coefficient (Wildman–Crippen LogP) is 2.71. The highest BCUT2D eigenvalue weighted by molar-refractivity contribution is 7.09. The molecule has 106 valence electrons. The van der Waals surface area contributed by atoms with E-state index in [0.29, 0.717) is 17.8 Å². The highest BCUT2D eigenvalue weighted by atomic mass is 32.1. The quantitative estimate of drug-likeness (QED) is 0.866. The second kappa shape index (κ2) is 4.42. The lowest BCUT2D eigenvalue weighted by molar-refractivity contribution is -0.120. The summed E-state index contributed by atoms with van der Waals surface area (Å²) in [6.07, 6.45) is 9.34. The Morgan fingerprint density at radius 2 is 2.35 bits per heavy atom. The molecule has 0 unspecified atom stereocenters. The number of allylic oxidation sites excluding steroid dienone is 2. The minimum atomic E-state index is 0.118. The van der Waals surface area contributed by atoms with E-state index in [9.17, 15) is 4.79 Å². The van der Waals surface area contributed by atoms with Gasteiger partial charge in [0.05, 0.1) is 17.1 Å². The van der Waals surface area contributed by atoms with E-state index < -0.39 is 0 Å². The van der Waals surface area contributed by atoms with Gasteiger partial charge in [-0.2, -0.15) is 0 Å². The molecule has 4 rings (SSSR count). The third kappa shape index (κ3) is 1.93. The van der Waals surface area contributed by atoms with E-state index in [-0.39, 0.29) is 5.91 Å². The Labute approximate surface area is 123 Å². The van der Waals surface area contributed by atoms with Gasteiger partial charge in [0.15, 0.2) is 0 Å². The molecule has 1 amide bonds. The number of hydrogen-bond acceptors (Lipinski definition) is 3. The minimum Gasteiger partial charge on any atom is -0.355 e. The number of aromatic nitrogens is 1. The SMILES string of the molecule is Cc1nc(CC(=O)NC[C@@H]2C[C@@H]3C=C[C@@H]2C32CC2)cs1. The molecule has 3 nitrogen and oxygen atoms in total. The zero-order valence-corrected chi connectivity index (χ0v) is 12.6. The van der Waals surface area contributed by atoms with Gasteiger partial charge in [-0.15, -0.1) is 11.3 Å². The Kier molecular flexibility index (Phi) is 2.78. The van der Waals surface area contributed by atoms with Crippen molar-refractivity contribution in [2.24, 2.45) is 23.2 Å². The highest BCUT2D eigenvalue weighted by Gasteiger charge is 2.62. The average molecular weight is 288 g/mol. The zero-order valence-electron chi connectivity index (χ0n) is 11.8. The van der Waals surface area contributed by atoms with Gasteiger partial charge in [0.25, 0.3) is 0 Å². The van der Waals surface area contributed by atoms with Gasteiger partial charge in [-0.1, -0.05) is 12.2 Å². The zero-order chi connectivity index (χ0) is 13.7. The Bertz CT molecular complexity index is 573. The van der Waals surface area contributed by atoms with Crippen molar-refractivity contribution in [3.63, 3.8) is 0 Å². The number of hydrogen-bond donors (Lipinski definition) is 1. The van der Waals surface area contributed by atoms with Crippen molar-refractivity contribution in [3.8, 4) is 0 Å². The normalized spacial score (nSPS) is 31.9. The molecular weight excluding hydrogens is 268 g/mol. The molecule has 4 heteroatoms. The van der Waals surface area contributed by atoms with Crippen LogP contribution in [0.2, 0.25) is 0 Å². The first-order valence-electron chi connectivity index (χ1n) is 7.53. The highest BCUT2D eigenvalue weighted by Crippen LogP contribution is 2.69. The molecule has 1 spiro atoms. The second-order valence-corrected chi connectivity index (χ2v) is 7.65. The molecule has 1 N–H and O–H groups in total. The first kappa shape index (κ1) is 12.6. The van der Waals surface area contributed by atoms with Crippen LogP contribution in [0.4, 0.5) is 0 Å². The van der Waals surface area contributed by atoms with Gasteiger partial charge in [0, 0.05) is 11.9 Å². The number of carbonyl (C=O) groups is 1. The van der Waals surface area contributed by atoms with Gasteiger partial charge in [-0.3, -0.25) is 4.79 Å². The maximum Gasteiger partial charge on any atom is 0.226 e. The van der Waals surface area contributed by atoms with E-state index in [1.165, 1.54) is 19.3 Å². The summed E-state index contributed by atoms with van der Waals surface area (Å²) in [4.78, 5) is 16.3. The standard InChI is InChI=1S/C16H20N2OS/c1-10-18-13(9-20-10)7-15(19)17-8-11-6-12-2-3-14(11)16(12)4-5-16/h2-3,9,11-12,14H,4-8H2,1H3,(H,17,19)/t11-,12-,14-/m0/s1. The third-order valence-corrected chi connectivity index (χ3v) is 6.24. The minimum absolute atomic E-state index is 0.118. The van der Waals surface area contributed by atoms with Crippen LogP contribution in [0.3, 0.4) is 0 Å². The molecule has 2 saturated carbocycles. The first-order valence-corrected chi connectivity index (χ1v) is 8.41. The lowest BCUT2D eigenvalue weighted by Gasteiger charge is -2.20. The van der Waals surface area contributed by atoms with E-state index in [4.69, 9.17) is 0 Å². The van der Waals surface area contributed by atoms with E-state index >= 15 is 0 Å². The van der Waals surface area contributed by atoms with Crippen molar-refractivity contribution < 1.29 is 4.79 Å². The third-order valence-electron chi connectivity index (χ3n) is 5.41. The molecule has 0 aromatic carbocycles. The number of aryl methyl sites for hydroxylation is 1. The van der Waals surface area contributed by atoms with E-state index in [1.807, 2.05) is 12.3 Å². The van der Waals surface area contributed by atoms with E-state index in [1.54, 1.807) is 11.3 Å². The maximum atomic E-state index is 12.0. The molecule has 3 atom stereocenters. The lowest BCUT2D eigenvalue weighted by Crippen LogP contribution is -2.32. The number of rotatable bonds is 4. The molecule has 2 fully saturated rings. The summed E-state index contributed by atoms with van der Waals surface area (Å²) in [5, 5.41) is 6.13. The van der Waals surface area contributed by atoms with Gasteiger partial charge in [-0.25, -0.2) is 4.98 Å². The van der Waals surface area contributed by atoms with Gasteiger partial charge in [-0.05, 0) is 49.4 Å². The fourth-order valence-electron chi connectivity index (χ4n) is 4.32. The van der Waals surface area contributed by atoms with E-state index in [0.717, 1.165) is 29.1 Å². The van der Waals surface area contributed by atoms with Crippen LogP contribution >= 0.6 is 11.3 Å². The fourth-order valence-corrected chi connectivity index (χ4v) is 4.93. The van der Waals surface area contributed by atoms with Gasteiger partial charge in [0.2, 0.25) is 5.91 Å². The fraction of sp³-hybridized carbons (Fsp3) is 0.625. The Morgan fingerprint density at radius 3 is 3.00 bits per heavy atom. The van der Waals surface area contributed by atoms with Crippen LogP contribution in [0.1, 0.15) is 30.0 Å². The lowest BCUT2D eigenvalue weighted by atomic mass is 9.89. The summed E-state index contributed by atoms with van der Waals surface area (Å²) < 4.78 is 0. The molecule has 1 aromatic heterocycles. The molecule has 0 saturated heterocycles. The van der Waals surface area contributed by atoms with Crippen LogP contribution in [0.15, 0.2) is 17.5 Å². The number of amides is 1. The summed E-state index contributed by atoms with van der Waals surface area (Å²) in [6, 6.07) is 0. The average Bonchev–Trinajstić information content (AvgIpc) is 2.92. The van der Waals surface area contributed by atoms with Gasteiger partial charge < -0.3 is 5.32 Å². The molecule has 20 heavy (non-hydrogen) atoms. The largest absolute Gasteiger partial charge is 0.355 e. The molecule has 2 bridgehead atoms. The van der Waals surface area contributed by atoms with Crippen LogP contribution in [-0.4, -0.2) is 17.4 Å². The van der Waals surface area contributed by atoms with Crippen LogP contribution in [0, 0.1) is 30.1 Å². The van der Waals surface area contributed by atoms with Crippen molar-refractivity contribution >= 4 is 17.2 Å². The maximum absolute atomic E-state index is 12.0. The molecular formula is C16H20N2OS. The molecule has 0 radical (unpaired) electrons. The van der Waals surface area contributed by atoms with Crippen molar-refractivity contribution in [1.82, 2.24) is 10.3 Å². The Balaban J connectivity index is 1.31. The summed E-state index contributed by atoms with van der Waals surface area (Å²) in [5.41, 5.74) is 1.53. The van der Waals surface area contributed by atoms with Crippen molar-refractivity contribution in [3.05, 3.63) is 28.2 Å². The summed E-state index contributed by atoms with van der Waals surface area (Å²) in [5.74, 6) is 2.31. The number of nitrogens with zero attached hydrogens (tertiary/aromatic N) is 1. The first-order chi connectivity index (χ1) is 9.67. The topological polar surface area (TPSA) is 42.0 Å². The van der Waals surface area contributed by atoms with Crippen molar-refractivity contribution in [2.45, 2.75) is 32.6 Å². The number of thiazole rings is 1. The smallest absolute Gasteiger partial charge is 0.226 e. The van der Waals surface area contributed by atoms with Crippen LogP contribution < -0.4 is 5.32 Å². The molecule has 3 aliphatic carbocycles. The Hall–Kier alpha value is -1.16. The summed E-state index contributed by atoms with van der Waals surface area (Å²) >= 11 is 1.61. The van der Waals surface area contributed by atoms with E-state index in [2.05, 4.69) is 22.5 Å². The molecule has 1 heterocycles. The molecule has 1 aromatic rings. The molecule has 3 aliphatic rings. The van der Waals surface area contributed by atoms with Crippen LogP contribution in [0.25, 0.3) is 0 Å². The van der Waals surface area contributed by atoms with Gasteiger partial charge >= 0.3 is 0 Å². The number of carbonyl (C=O) groups excluding carboxylic acids is 1. The monoisotopic (exact) mass is 288 g/mol.